The van der Waals surface area contributed by atoms with Crippen LogP contribution in [0, 0.1) is 16.7 Å². The second-order valence-electron chi connectivity index (χ2n) is 5.11. The van der Waals surface area contributed by atoms with E-state index >= 15 is 0 Å². The number of nitrogen functional groups attached to an aromatic ring is 1. The van der Waals surface area contributed by atoms with Crippen LogP contribution in [0.2, 0.25) is 0 Å². The molecule has 1 atom stereocenters. The van der Waals surface area contributed by atoms with Crippen molar-refractivity contribution >= 4 is 11.5 Å². The van der Waals surface area contributed by atoms with E-state index in [1.807, 2.05) is 0 Å². The molecule has 0 aliphatic heterocycles. The molecule has 0 amide bonds. The summed E-state index contributed by atoms with van der Waals surface area (Å²) >= 11 is 0. The number of nitrogens with zero attached hydrogens (tertiary/aromatic N) is 2. The van der Waals surface area contributed by atoms with Crippen LogP contribution in [-0.4, -0.2) is 11.5 Å². The van der Waals surface area contributed by atoms with Crippen molar-refractivity contribution in [1.29, 1.82) is 5.26 Å². The van der Waals surface area contributed by atoms with Crippen molar-refractivity contribution in [3.8, 4) is 6.07 Å². The van der Waals surface area contributed by atoms with Gasteiger partial charge in [0.25, 0.3) is 0 Å². The van der Waals surface area contributed by atoms with Gasteiger partial charge in [-0.3, -0.25) is 0 Å². The summed E-state index contributed by atoms with van der Waals surface area (Å²) in [4.78, 5) is 3.93. The first kappa shape index (κ1) is 12.4. The van der Waals surface area contributed by atoms with Gasteiger partial charge in [-0.05, 0) is 30.7 Å². The second kappa shape index (κ2) is 5.09. The van der Waals surface area contributed by atoms with Gasteiger partial charge in [0.05, 0.1) is 5.69 Å². The lowest BCUT2D eigenvalue weighted by Gasteiger charge is -2.31. The maximum Gasteiger partial charge on any atom is 0.143 e. The maximum atomic E-state index is 9.08. The molecule has 0 spiro atoms. The lowest BCUT2D eigenvalue weighted by molar-refractivity contribution is 0.314. The number of allylic oxidation sites excluding steroid dienone is 2. The average Bonchev–Trinajstić information content (AvgIpc) is 2.37. The summed E-state index contributed by atoms with van der Waals surface area (Å²) in [5.74, 6) is 0.288. The molecule has 1 unspecified atom stereocenters. The van der Waals surface area contributed by atoms with Crippen LogP contribution in [-0.2, 0) is 0 Å². The number of nitrogens with two attached hydrogens (primary N) is 1. The molecule has 0 radical (unpaired) electrons. The van der Waals surface area contributed by atoms with E-state index in [0.717, 1.165) is 25.1 Å². The summed E-state index contributed by atoms with van der Waals surface area (Å²) in [5.41, 5.74) is 7.15. The predicted molar refractivity (Wildman–Crippen MR) is 73.0 cm³/mol. The van der Waals surface area contributed by atoms with Crippen molar-refractivity contribution in [2.24, 2.45) is 5.41 Å². The number of hydrogen-bond donors (Lipinski definition) is 2. The number of anilines is 2. The van der Waals surface area contributed by atoms with E-state index in [-0.39, 0.29) is 11.2 Å². The topological polar surface area (TPSA) is 74.7 Å². The molecule has 0 saturated heterocycles. The van der Waals surface area contributed by atoms with Crippen molar-refractivity contribution in [2.75, 3.05) is 17.6 Å². The van der Waals surface area contributed by atoms with E-state index in [2.05, 4.69) is 35.4 Å². The molecule has 94 valence electrons. The lowest BCUT2D eigenvalue weighted by Crippen LogP contribution is -2.27. The Kier molecular flexibility index (Phi) is 3.52. The molecule has 1 aromatic rings. The van der Waals surface area contributed by atoms with Crippen LogP contribution in [0.4, 0.5) is 11.5 Å². The minimum atomic E-state index is 0.250. The highest BCUT2D eigenvalue weighted by Gasteiger charge is 2.24. The fourth-order valence-electron chi connectivity index (χ4n) is 2.23. The van der Waals surface area contributed by atoms with Gasteiger partial charge in [0.15, 0.2) is 0 Å². The highest BCUT2D eigenvalue weighted by molar-refractivity contribution is 5.65. The number of nitrogens with one attached hydrogen (secondary N) is 1. The number of aromatic nitrogens is 1. The average molecular weight is 242 g/mol. The molecular weight excluding hydrogens is 224 g/mol. The summed E-state index contributed by atoms with van der Waals surface area (Å²) in [5, 5.41) is 12.4. The van der Waals surface area contributed by atoms with Gasteiger partial charge >= 0.3 is 0 Å². The number of hydrogen-bond acceptors (Lipinski definition) is 4. The van der Waals surface area contributed by atoms with E-state index in [4.69, 9.17) is 11.0 Å². The normalized spacial score (nSPS) is 22.4. The second-order valence-corrected chi connectivity index (χ2v) is 5.11. The van der Waals surface area contributed by atoms with Gasteiger partial charge in [0.2, 0.25) is 0 Å². The molecule has 18 heavy (non-hydrogen) atoms. The van der Waals surface area contributed by atoms with Crippen LogP contribution in [0.25, 0.3) is 0 Å². The number of rotatable bonds is 3. The van der Waals surface area contributed by atoms with E-state index in [9.17, 15) is 0 Å². The third kappa shape index (κ3) is 2.62. The van der Waals surface area contributed by atoms with Gasteiger partial charge in [-0.25, -0.2) is 4.98 Å². The third-order valence-electron chi connectivity index (χ3n) is 3.49. The van der Waals surface area contributed by atoms with Gasteiger partial charge in [-0.1, -0.05) is 19.1 Å². The molecule has 0 bridgehead atoms. The van der Waals surface area contributed by atoms with E-state index in [0.29, 0.717) is 5.56 Å². The van der Waals surface area contributed by atoms with Crippen molar-refractivity contribution in [1.82, 2.24) is 4.98 Å². The lowest BCUT2D eigenvalue weighted by atomic mass is 9.79. The molecule has 1 heterocycles. The number of nitriles is 1. The molecule has 0 saturated carbocycles. The Hall–Kier alpha value is -2.02. The number of pyridine rings is 1. The Bertz CT molecular complexity index is 501. The minimum Gasteiger partial charge on any atom is -0.383 e. The molecular formula is C14H18N4. The summed E-state index contributed by atoms with van der Waals surface area (Å²) in [7, 11) is 0. The summed E-state index contributed by atoms with van der Waals surface area (Å²) in [6, 6.07) is 3.90. The zero-order valence-corrected chi connectivity index (χ0v) is 10.6. The van der Waals surface area contributed by atoms with Crippen molar-refractivity contribution in [3.05, 3.63) is 30.0 Å². The SMILES string of the molecule is CC1(CNc2ccnc(N)c2C#N)CC=CCC1. The minimum absolute atomic E-state index is 0.250. The molecule has 0 fully saturated rings. The van der Waals surface area contributed by atoms with E-state index in [1.54, 1.807) is 12.3 Å². The molecule has 4 nitrogen and oxygen atoms in total. The first-order valence-electron chi connectivity index (χ1n) is 6.18. The van der Waals surface area contributed by atoms with Gasteiger partial charge in [0, 0.05) is 12.7 Å². The smallest absolute Gasteiger partial charge is 0.143 e. The van der Waals surface area contributed by atoms with Gasteiger partial charge in [-0.2, -0.15) is 5.26 Å². The van der Waals surface area contributed by atoms with Crippen molar-refractivity contribution in [3.63, 3.8) is 0 Å². The van der Waals surface area contributed by atoms with E-state index in [1.165, 1.54) is 6.42 Å². The van der Waals surface area contributed by atoms with Crippen molar-refractivity contribution in [2.45, 2.75) is 26.2 Å². The van der Waals surface area contributed by atoms with E-state index < -0.39 is 0 Å². The summed E-state index contributed by atoms with van der Waals surface area (Å²) in [6.07, 6.45) is 9.45. The zero-order chi connectivity index (χ0) is 13.0. The fraction of sp³-hybridized carbons (Fsp3) is 0.429. The van der Waals surface area contributed by atoms with Gasteiger partial charge in [0.1, 0.15) is 17.5 Å². The van der Waals surface area contributed by atoms with Gasteiger partial charge < -0.3 is 11.1 Å². The highest BCUT2D eigenvalue weighted by atomic mass is 14.9. The molecule has 1 aromatic heterocycles. The molecule has 0 aromatic carbocycles. The fourth-order valence-corrected chi connectivity index (χ4v) is 2.23. The van der Waals surface area contributed by atoms with Crippen LogP contribution >= 0.6 is 0 Å². The van der Waals surface area contributed by atoms with Crippen LogP contribution in [0.1, 0.15) is 31.7 Å². The zero-order valence-electron chi connectivity index (χ0n) is 10.6. The van der Waals surface area contributed by atoms with Crippen LogP contribution < -0.4 is 11.1 Å². The Morgan fingerprint density at radius 3 is 3.06 bits per heavy atom. The first-order valence-corrected chi connectivity index (χ1v) is 6.18. The van der Waals surface area contributed by atoms with Crippen molar-refractivity contribution < 1.29 is 0 Å². The third-order valence-corrected chi connectivity index (χ3v) is 3.49. The van der Waals surface area contributed by atoms with Crippen LogP contribution in [0.15, 0.2) is 24.4 Å². The first-order chi connectivity index (χ1) is 8.64. The van der Waals surface area contributed by atoms with Gasteiger partial charge in [-0.15, -0.1) is 0 Å². The Morgan fingerprint density at radius 1 is 1.56 bits per heavy atom. The monoisotopic (exact) mass is 242 g/mol. The predicted octanol–water partition coefficient (Wildman–Crippen LogP) is 2.69. The highest BCUT2D eigenvalue weighted by Crippen LogP contribution is 2.32. The Balaban J connectivity index is 2.09. The molecule has 1 aliphatic rings. The summed E-state index contributed by atoms with van der Waals surface area (Å²) < 4.78 is 0. The largest absolute Gasteiger partial charge is 0.383 e. The Labute approximate surface area is 108 Å². The van der Waals surface area contributed by atoms with Crippen LogP contribution in [0.3, 0.4) is 0 Å². The molecule has 4 heteroatoms. The Morgan fingerprint density at radius 2 is 2.39 bits per heavy atom. The standard InChI is InChI=1S/C14H18N4/c1-14(6-3-2-4-7-14)10-18-12-5-8-17-13(16)11(12)9-15/h2-3,5,8H,4,6-7,10H2,1H3,(H3,16,17,18). The van der Waals surface area contributed by atoms with Crippen LogP contribution in [0.5, 0.6) is 0 Å². The summed E-state index contributed by atoms with van der Waals surface area (Å²) in [6.45, 7) is 3.11. The quantitative estimate of drug-likeness (QED) is 0.799. The molecule has 1 aliphatic carbocycles. The molecule has 2 rings (SSSR count). The maximum absolute atomic E-state index is 9.08. The molecule has 3 N–H and O–H groups in total.